The second kappa shape index (κ2) is 9.36. The molecule has 1 aliphatic heterocycles. The van der Waals surface area contributed by atoms with Gasteiger partial charge in [-0.3, -0.25) is 14.5 Å². The fraction of sp³-hybridized carbons (Fsp3) is 0.450. The molecule has 1 fully saturated rings. The molecule has 1 saturated heterocycles. The number of carbonyl (C=O) groups excluding carboxylic acids is 2. The van der Waals surface area contributed by atoms with Gasteiger partial charge in [0.2, 0.25) is 11.8 Å². The van der Waals surface area contributed by atoms with Gasteiger partial charge in [-0.2, -0.15) is 5.10 Å². The SMILES string of the molecule is CC(C(N)=O)N1CCC(n2nccc2NC(=O)CCOc2ccccc2)CC1. The van der Waals surface area contributed by atoms with Crippen LogP contribution in [0.3, 0.4) is 0 Å². The average molecular weight is 385 g/mol. The normalized spacial score (nSPS) is 16.5. The molecule has 0 bridgehead atoms. The molecule has 150 valence electrons. The third-order valence-electron chi connectivity index (χ3n) is 5.08. The van der Waals surface area contributed by atoms with Crippen LogP contribution in [0.25, 0.3) is 0 Å². The van der Waals surface area contributed by atoms with Crippen molar-refractivity contribution in [2.75, 3.05) is 25.0 Å². The maximum absolute atomic E-state index is 12.3. The largest absolute Gasteiger partial charge is 0.493 e. The first-order valence-electron chi connectivity index (χ1n) is 9.59. The van der Waals surface area contributed by atoms with Gasteiger partial charge in [-0.05, 0) is 31.9 Å². The number of primary amides is 1. The highest BCUT2D eigenvalue weighted by Crippen LogP contribution is 2.26. The molecule has 1 aromatic heterocycles. The zero-order chi connectivity index (χ0) is 19.9. The number of likely N-dealkylation sites (tertiary alicyclic amines) is 1. The maximum atomic E-state index is 12.3. The Morgan fingerprint density at radius 2 is 1.96 bits per heavy atom. The number of para-hydroxylation sites is 1. The van der Waals surface area contributed by atoms with Crippen LogP contribution < -0.4 is 15.8 Å². The first kappa shape index (κ1) is 19.9. The lowest BCUT2D eigenvalue weighted by molar-refractivity contribution is -0.123. The van der Waals surface area contributed by atoms with E-state index in [-0.39, 0.29) is 30.3 Å². The molecule has 3 rings (SSSR count). The Labute approximate surface area is 164 Å². The predicted molar refractivity (Wildman–Crippen MR) is 106 cm³/mol. The van der Waals surface area contributed by atoms with Crippen molar-refractivity contribution in [1.29, 1.82) is 0 Å². The summed E-state index contributed by atoms with van der Waals surface area (Å²) in [5.41, 5.74) is 5.40. The van der Waals surface area contributed by atoms with Crippen LogP contribution in [0, 0.1) is 0 Å². The van der Waals surface area contributed by atoms with Crippen LogP contribution in [0.15, 0.2) is 42.6 Å². The molecule has 8 heteroatoms. The number of rotatable bonds is 8. The molecule has 2 amide bonds. The molecule has 28 heavy (non-hydrogen) atoms. The van der Waals surface area contributed by atoms with E-state index in [9.17, 15) is 9.59 Å². The molecule has 1 aliphatic rings. The van der Waals surface area contributed by atoms with E-state index < -0.39 is 0 Å². The molecule has 1 unspecified atom stereocenters. The van der Waals surface area contributed by atoms with Crippen LogP contribution in [0.1, 0.15) is 32.2 Å². The monoisotopic (exact) mass is 385 g/mol. The number of nitrogens with zero attached hydrogens (tertiary/aromatic N) is 3. The summed E-state index contributed by atoms with van der Waals surface area (Å²) in [5, 5.41) is 7.31. The van der Waals surface area contributed by atoms with E-state index in [4.69, 9.17) is 10.5 Å². The van der Waals surface area contributed by atoms with Crippen molar-refractivity contribution in [2.45, 2.75) is 38.3 Å². The lowest BCUT2D eigenvalue weighted by Gasteiger charge is -2.35. The number of piperidine rings is 1. The molecule has 3 N–H and O–H groups in total. The number of hydrogen-bond acceptors (Lipinski definition) is 5. The second-order valence-corrected chi connectivity index (χ2v) is 6.97. The molecule has 2 heterocycles. The number of anilines is 1. The lowest BCUT2D eigenvalue weighted by Crippen LogP contribution is -2.46. The van der Waals surface area contributed by atoms with Crippen molar-refractivity contribution in [1.82, 2.24) is 14.7 Å². The Bertz CT molecular complexity index is 784. The summed E-state index contributed by atoms with van der Waals surface area (Å²) in [7, 11) is 0. The number of aromatic nitrogens is 2. The second-order valence-electron chi connectivity index (χ2n) is 6.97. The molecule has 0 spiro atoms. The minimum Gasteiger partial charge on any atom is -0.493 e. The third-order valence-corrected chi connectivity index (χ3v) is 5.08. The fourth-order valence-corrected chi connectivity index (χ4v) is 3.39. The Kier molecular flexibility index (Phi) is 6.65. The van der Waals surface area contributed by atoms with Crippen LogP contribution in [0.5, 0.6) is 5.75 Å². The third kappa shape index (κ3) is 5.10. The van der Waals surface area contributed by atoms with Crippen molar-refractivity contribution in [3.63, 3.8) is 0 Å². The minimum absolute atomic E-state index is 0.113. The molecule has 1 atom stereocenters. The molecule has 1 aromatic carbocycles. The van der Waals surface area contributed by atoms with Gasteiger partial charge in [-0.25, -0.2) is 4.68 Å². The lowest BCUT2D eigenvalue weighted by atomic mass is 10.0. The summed E-state index contributed by atoms with van der Waals surface area (Å²) in [6, 6.07) is 11.1. The van der Waals surface area contributed by atoms with Crippen molar-refractivity contribution >= 4 is 17.6 Å². The first-order chi connectivity index (χ1) is 13.5. The molecule has 8 nitrogen and oxygen atoms in total. The number of nitrogens with two attached hydrogens (primary N) is 1. The highest BCUT2D eigenvalue weighted by Gasteiger charge is 2.27. The number of amides is 2. The fourth-order valence-electron chi connectivity index (χ4n) is 3.39. The Hall–Kier alpha value is -2.87. The van der Waals surface area contributed by atoms with E-state index >= 15 is 0 Å². The molecular formula is C20H27N5O3. The number of carbonyl (C=O) groups is 2. The summed E-state index contributed by atoms with van der Waals surface area (Å²) >= 11 is 0. The van der Waals surface area contributed by atoms with Crippen LogP contribution in [-0.4, -0.2) is 52.2 Å². The van der Waals surface area contributed by atoms with Gasteiger partial charge in [0.25, 0.3) is 0 Å². The Morgan fingerprint density at radius 1 is 1.25 bits per heavy atom. The zero-order valence-electron chi connectivity index (χ0n) is 16.1. The summed E-state index contributed by atoms with van der Waals surface area (Å²) in [4.78, 5) is 25.7. The van der Waals surface area contributed by atoms with Gasteiger partial charge in [-0.15, -0.1) is 0 Å². The molecule has 2 aromatic rings. The standard InChI is InChI=1S/C20H27N5O3/c1-15(20(21)27)24-12-8-16(9-13-24)25-18(7-11-22-25)23-19(26)10-14-28-17-5-3-2-4-6-17/h2-7,11,15-16H,8-10,12-14H2,1H3,(H2,21,27)(H,23,26). The summed E-state index contributed by atoms with van der Waals surface area (Å²) in [6.45, 7) is 3.69. The van der Waals surface area contributed by atoms with Crippen LogP contribution >= 0.6 is 0 Å². The van der Waals surface area contributed by atoms with Gasteiger partial charge in [-0.1, -0.05) is 18.2 Å². The van der Waals surface area contributed by atoms with Gasteiger partial charge in [0.15, 0.2) is 0 Å². The molecular weight excluding hydrogens is 358 g/mol. The highest BCUT2D eigenvalue weighted by atomic mass is 16.5. The van der Waals surface area contributed by atoms with Crippen molar-refractivity contribution < 1.29 is 14.3 Å². The van der Waals surface area contributed by atoms with Gasteiger partial charge in [0.1, 0.15) is 11.6 Å². The quantitative estimate of drug-likeness (QED) is 0.721. The van der Waals surface area contributed by atoms with E-state index in [1.54, 1.807) is 12.3 Å². The predicted octanol–water partition coefficient (Wildman–Crippen LogP) is 1.80. The molecule has 0 radical (unpaired) electrons. The molecule has 0 aliphatic carbocycles. The number of benzene rings is 1. The van der Waals surface area contributed by atoms with Crippen molar-refractivity contribution in [3.05, 3.63) is 42.6 Å². The topological polar surface area (TPSA) is 102 Å². The minimum atomic E-state index is -0.303. The van der Waals surface area contributed by atoms with Gasteiger partial charge in [0.05, 0.1) is 31.3 Å². The Morgan fingerprint density at radius 3 is 2.64 bits per heavy atom. The van der Waals surface area contributed by atoms with E-state index in [2.05, 4.69) is 15.3 Å². The summed E-state index contributed by atoms with van der Waals surface area (Å²) in [5.74, 6) is 1.02. The number of hydrogen-bond donors (Lipinski definition) is 2. The van der Waals surface area contributed by atoms with Crippen LogP contribution in [0.2, 0.25) is 0 Å². The van der Waals surface area contributed by atoms with Crippen LogP contribution in [0.4, 0.5) is 5.82 Å². The van der Waals surface area contributed by atoms with E-state index in [0.29, 0.717) is 12.4 Å². The van der Waals surface area contributed by atoms with E-state index in [1.165, 1.54) is 0 Å². The van der Waals surface area contributed by atoms with Crippen LogP contribution in [-0.2, 0) is 9.59 Å². The smallest absolute Gasteiger partial charge is 0.234 e. The zero-order valence-corrected chi connectivity index (χ0v) is 16.1. The van der Waals surface area contributed by atoms with Gasteiger partial charge in [0, 0.05) is 19.2 Å². The summed E-state index contributed by atoms with van der Waals surface area (Å²) < 4.78 is 7.43. The highest BCUT2D eigenvalue weighted by molar-refractivity contribution is 5.89. The number of ether oxygens (including phenoxy) is 1. The summed E-state index contributed by atoms with van der Waals surface area (Å²) in [6.07, 6.45) is 3.64. The van der Waals surface area contributed by atoms with E-state index in [1.807, 2.05) is 41.9 Å². The Balaban J connectivity index is 1.48. The number of nitrogens with one attached hydrogen (secondary N) is 1. The van der Waals surface area contributed by atoms with Crippen molar-refractivity contribution in [3.8, 4) is 5.75 Å². The van der Waals surface area contributed by atoms with E-state index in [0.717, 1.165) is 31.7 Å². The molecule has 0 saturated carbocycles. The van der Waals surface area contributed by atoms with Gasteiger partial charge < -0.3 is 15.8 Å². The maximum Gasteiger partial charge on any atom is 0.234 e. The average Bonchev–Trinajstić information content (AvgIpc) is 3.16. The van der Waals surface area contributed by atoms with Crippen molar-refractivity contribution in [2.24, 2.45) is 5.73 Å². The van der Waals surface area contributed by atoms with Gasteiger partial charge >= 0.3 is 0 Å². The first-order valence-corrected chi connectivity index (χ1v) is 9.59.